The molecule has 0 atom stereocenters. The van der Waals surface area contributed by atoms with Gasteiger partial charge in [0.2, 0.25) is 0 Å². The number of nitrogens with one attached hydrogen (secondary N) is 1. The van der Waals surface area contributed by atoms with Gasteiger partial charge in [-0.1, -0.05) is 44.7 Å². The number of hydrogen-bond acceptors (Lipinski definition) is 3. The minimum atomic E-state index is -4.45. The van der Waals surface area contributed by atoms with Gasteiger partial charge in [-0.2, -0.15) is 13.2 Å². The second-order valence-electron chi connectivity index (χ2n) is 5.91. The molecule has 1 N–H and O–H groups in total. The van der Waals surface area contributed by atoms with Crippen molar-refractivity contribution in [2.75, 3.05) is 6.61 Å². The topological polar surface area (TPSA) is 38.3 Å². The van der Waals surface area contributed by atoms with E-state index in [1.54, 1.807) is 37.3 Å². The third-order valence-corrected chi connectivity index (χ3v) is 4.26. The van der Waals surface area contributed by atoms with Crippen LogP contribution in [0.4, 0.5) is 13.2 Å². The van der Waals surface area contributed by atoms with Gasteiger partial charge in [-0.15, -0.1) is 0 Å². The fourth-order valence-corrected chi connectivity index (χ4v) is 2.72. The Hall–Kier alpha value is -1.89. The van der Waals surface area contributed by atoms with Crippen LogP contribution in [-0.4, -0.2) is 18.7 Å². The SMILES string of the molecule is C/C=C(\S/C(=C/CC)NC(=O)c1ccc(OCC(C)C)cc1)C(F)(F)F. The molecule has 0 bridgehead atoms. The number of amides is 1. The summed E-state index contributed by atoms with van der Waals surface area (Å²) in [4.78, 5) is 11.6. The molecule has 0 aliphatic heterocycles. The van der Waals surface area contributed by atoms with Crippen molar-refractivity contribution in [1.29, 1.82) is 0 Å². The van der Waals surface area contributed by atoms with Crippen LogP contribution in [0.1, 0.15) is 44.5 Å². The number of benzene rings is 1. The molecule has 1 amide bonds. The number of thioether (sulfide) groups is 1. The van der Waals surface area contributed by atoms with Gasteiger partial charge in [0.05, 0.1) is 16.5 Å². The number of rotatable bonds is 8. The van der Waals surface area contributed by atoms with Gasteiger partial charge in [0.1, 0.15) is 5.75 Å². The minimum absolute atomic E-state index is 0.156. The molecule has 0 fully saturated rings. The normalized spacial score (nSPS) is 13.1. The third-order valence-electron chi connectivity index (χ3n) is 3.09. The lowest BCUT2D eigenvalue weighted by Gasteiger charge is -2.14. The quantitative estimate of drug-likeness (QED) is 0.603. The van der Waals surface area contributed by atoms with Crippen LogP contribution >= 0.6 is 11.8 Å². The Morgan fingerprint density at radius 3 is 2.35 bits per heavy atom. The summed E-state index contributed by atoms with van der Waals surface area (Å²) in [6.45, 7) is 7.73. The van der Waals surface area contributed by atoms with Crippen molar-refractivity contribution in [2.45, 2.75) is 40.3 Å². The average Bonchev–Trinajstić information content (AvgIpc) is 2.57. The second kappa shape index (κ2) is 10.3. The molecule has 1 rings (SSSR count). The smallest absolute Gasteiger partial charge is 0.422 e. The van der Waals surface area contributed by atoms with Crippen molar-refractivity contribution >= 4 is 17.7 Å². The first-order chi connectivity index (χ1) is 12.2. The Bertz CT molecular complexity index is 650. The van der Waals surface area contributed by atoms with Gasteiger partial charge in [0.25, 0.3) is 5.91 Å². The zero-order valence-corrected chi connectivity index (χ0v) is 16.1. The van der Waals surface area contributed by atoms with E-state index in [0.29, 0.717) is 42.0 Å². The van der Waals surface area contributed by atoms with Crippen molar-refractivity contribution in [3.05, 3.63) is 51.9 Å². The first-order valence-electron chi connectivity index (χ1n) is 8.33. The maximum absolute atomic E-state index is 12.9. The van der Waals surface area contributed by atoms with Crippen LogP contribution in [0.25, 0.3) is 0 Å². The molecule has 1 aromatic carbocycles. The Kier molecular flexibility index (Phi) is 8.78. The molecule has 144 valence electrons. The summed E-state index contributed by atoms with van der Waals surface area (Å²) in [6.07, 6.45) is -1.41. The van der Waals surface area contributed by atoms with Crippen molar-refractivity contribution in [2.24, 2.45) is 5.92 Å². The molecular formula is C19H24F3NO2S. The van der Waals surface area contributed by atoms with Crippen LogP contribution in [0, 0.1) is 5.92 Å². The van der Waals surface area contributed by atoms with Gasteiger partial charge in [-0.05, 0) is 43.5 Å². The Labute approximate surface area is 156 Å². The fraction of sp³-hybridized carbons (Fsp3) is 0.421. The van der Waals surface area contributed by atoms with Crippen LogP contribution in [0.15, 0.2) is 46.4 Å². The Balaban J connectivity index is 2.80. The number of alkyl halides is 3. The van der Waals surface area contributed by atoms with Gasteiger partial charge in [0, 0.05) is 5.56 Å². The zero-order chi connectivity index (χ0) is 19.7. The molecule has 0 saturated carbocycles. The summed E-state index contributed by atoms with van der Waals surface area (Å²) in [5.41, 5.74) is 0.346. The lowest BCUT2D eigenvalue weighted by Crippen LogP contribution is -2.22. The van der Waals surface area contributed by atoms with Crippen LogP contribution in [0.2, 0.25) is 0 Å². The van der Waals surface area contributed by atoms with Crippen LogP contribution < -0.4 is 10.1 Å². The number of carbonyl (C=O) groups excluding carboxylic acids is 1. The van der Waals surface area contributed by atoms with E-state index in [4.69, 9.17) is 4.74 Å². The van der Waals surface area contributed by atoms with E-state index in [2.05, 4.69) is 5.32 Å². The van der Waals surface area contributed by atoms with E-state index in [0.717, 1.165) is 6.08 Å². The number of ether oxygens (including phenoxy) is 1. The molecule has 7 heteroatoms. The highest BCUT2D eigenvalue weighted by Gasteiger charge is 2.34. The van der Waals surface area contributed by atoms with Crippen LogP contribution in [0.3, 0.4) is 0 Å². The Morgan fingerprint density at radius 2 is 1.88 bits per heavy atom. The highest BCUT2D eigenvalue weighted by molar-refractivity contribution is 8.06. The number of hydrogen-bond donors (Lipinski definition) is 1. The van der Waals surface area contributed by atoms with Crippen molar-refractivity contribution in [3.8, 4) is 5.75 Å². The minimum Gasteiger partial charge on any atom is -0.493 e. The summed E-state index contributed by atoms with van der Waals surface area (Å²) >= 11 is 0.499. The lowest BCUT2D eigenvalue weighted by molar-refractivity contribution is -0.0836. The molecule has 1 aromatic rings. The molecule has 26 heavy (non-hydrogen) atoms. The van der Waals surface area contributed by atoms with E-state index in [1.807, 2.05) is 13.8 Å². The van der Waals surface area contributed by atoms with Gasteiger partial charge >= 0.3 is 6.18 Å². The summed E-state index contributed by atoms with van der Waals surface area (Å²) in [7, 11) is 0. The average molecular weight is 387 g/mol. The van der Waals surface area contributed by atoms with Gasteiger partial charge in [-0.3, -0.25) is 4.79 Å². The molecule has 0 radical (unpaired) electrons. The molecule has 0 unspecified atom stereocenters. The van der Waals surface area contributed by atoms with Crippen molar-refractivity contribution in [3.63, 3.8) is 0 Å². The molecule has 0 spiro atoms. The summed E-state index contributed by atoms with van der Waals surface area (Å²) in [5, 5.41) is 2.70. The number of halogens is 3. The molecule has 0 aliphatic rings. The van der Waals surface area contributed by atoms with Crippen molar-refractivity contribution in [1.82, 2.24) is 5.32 Å². The van der Waals surface area contributed by atoms with Crippen LogP contribution in [0.5, 0.6) is 5.75 Å². The zero-order valence-electron chi connectivity index (χ0n) is 15.3. The van der Waals surface area contributed by atoms with Gasteiger partial charge in [-0.25, -0.2) is 0 Å². The van der Waals surface area contributed by atoms with Gasteiger partial charge in [0.15, 0.2) is 0 Å². The fourth-order valence-electron chi connectivity index (χ4n) is 1.85. The highest BCUT2D eigenvalue weighted by atomic mass is 32.2. The number of allylic oxidation sites excluding steroid dienone is 3. The molecule has 0 saturated heterocycles. The summed E-state index contributed by atoms with van der Waals surface area (Å²) < 4.78 is 44.3. The largest absolute Gasteiger partial charge is 0.493 e. The monoisotopic (exact) mass is 387 g/mol. The molecule has 0 aromatic heterocycles. The van der Waals surface area contributed by atoms with E-state index in [-0.39, 0.29) is 5.03 Å². The molecule has 3 nitrogen and oxygen atoms in total. The predicted octanol–water partition coefficient (Wildman–Crippen LogP) is 5.90. The van der Waals surface area contributed by atoms with Crippen molar-refractivity contribution < 1.29 is 22.7 Å². The first kappa shape index (κ1) is 22.2. The molecular weight excluding hydrogens is 363 g/mol. The van der Waals surface area contributed by atoms with Gasteiger partial charge < -0.3 is 10.1 Å². The summed E-state index contributed by atoms with van der Waals surface area (Å²) in [5.74, 6) is 0.554. The number of carbonyl (C=O) groups is 1. The van der Waals surface area contributed by atoms with E-state index >= 15 is 0 Å². The predicted molar refractivity (Wildman–Crippen MR) is 100 cm³/mol. The second-order valence-corrected chi connectivity index (χ2v) is 7.00. The first-order valence-corrected chi connectivity index (χ1v) is 9.14. The van der Waals surface area contributed by atoms with Crippen LogP contribution in [-0.2, 0) is 0 Å². The maximum Gasteiger partial charge on any atom is 0.422 e. The molecule has 0 aliphatic carbocycles. The van der Waals surface area contributed by atoms with E-state index in [1.165, 1.54) is 6.92 Å². The highest BCUT2D eigenvalue weighted by Crippen LogP contribution is 2.37. The standard InChI is InChI=1S/C19H24F3NO2S/c1-5-7-17(26-16(6-2)19(20,21)22)23-18(24)14-8-10-15(11-9-14)25-12-13(3)4/h6-11,13H,5,12H2,1-4H3,(H,23,24)/b16-6-,17-7+. The van der Waals surface area contributed by atoms with E-state index in [9.17, 15) is 18.0 Å². The maximum atomic E-state index is 12.9. The molecule has 0 heterocycles. The Morgan fingerprint density at radius 1 is 1.27 bits per heavy atom. The lowest BCUT2D eigenvalue weighted by atomic mass is 10.2. The third kappa shape index (κ3) is 7.56. The summed E-state index contributed by atoms with van der Waals surface area (Å²) in [6, 6.07) is 6.50. The van der Waals surface area contributed by atoms with E-state index < -0.39 is 17.0 Å².